The molecule has 0 spiro atoms. The highest BCUT2D eigenvalue weighted by Gasteiger charge is 2.13. The van der Waals surface area contributed by atoms with E-state index in [4.69, 9.17) is 4.74 Å². The van der Waals surface area contributed by atoms with Crippen molar-refractivity contribution in [2.45, 2.75) is 53.0 Å². The highest BCUT2D eigenvalue weighted by Crippen LogP contribution is 2.27. The van der Waals surface area contributed by atoms with Crippen LogP contribution in [0.4, 0.5) is 0 Å². The van der Waals surface area contributed by atoms with Gasteiger partial charge in [0.2, 0.25) is 0 Å². The number of nitrogens with one attached hydrogen (secondary N) is 1. The predicted octanol–water partition coefficient (Wildman–Crippen LogP) is 4.94. The SMILES string of the molecule is CCc1ccc(C(C)NC(=O)COc2cc(C)ccc2C(C)C)cc1. The monoisotopic (exact) mass is 339 g/mol. The Bertz CT molecular complexity index is 704. The molecule has 2 rings (SSSR count). The highest BCUT2D eigenvalue weighted by atomic mass is 16.5. The number of benzene rings is 2. The second-order valence-electron chi connectivity index (χ2n) is 6.87. The number of carbonyl (C=O) groups excluding carboxylic acids is 1. The second-order valence-corrected chi connectivity index (χ2v) is 6.87. The van der Waals surface area contributed by atoms with Crippen molar-refractivity contribution in [2.24, 2.45) is 0 Å². The number of amides is 1. The van der Waals surface area contributed by atoms with Crippen LogP contribution in [-0.4, -0.2) is 12.5 Å². The Morgan fingerprint density at radius 3 is 2.36 bits per heavy atom. The largest absolute Gasteiger partial charge is 0.483 e. The Labute approximate surface area is 151 Å². The Balaban J connectivity index is 1.95. The minimum atomic E-state index is -0.108. The molecule has 3 nitrogen and oxygen atoms in total. The van der Waals surface area contributed by atoms with Crippen molar-refractivity contribution < 1.29 is 9.53 Å². The molecule has 0 saturated heterocycles. The third kappa shape index (κ3) is 5.35. The summed E-state index contributed by atoms with van der Waals surface area (Å²) < 4.78 is 5.80. The van der Waals surface area contributed by atoms with Crippen molar-refractivity contribution in [3.05, 3.63) is 64.7 Å². The van der Waals surface area contributed by atoms with Crippen LogP contribution in [0.1, 0.15) is 61.9 Å². The van der Waals surface area contributed by atoms with Gasteiger partial charge in [-0.3, -0.25) is 4.79 Å². The van der Waals surface area contributed by atoms with Crippen LogP contribution in [-0.2, 0) is 11.2 Å². The fourth-order valence-electron chi connectivity index (χ4n) is 2.80. The lowest BCUT2D eigenvalue weighted by Gasteiger charge is -2.17. The molecule has 0 aliphatic rings. The number of rotatable bonds is 7. The van der Waals surface area contributed by atoms with E-state index in [0.29, 0.717) is 5.92 Å². The van der Waals surface area contributed by atoms with Crippen LogP contribution in [0.3, 0.4) is 0 Å². The maximum Gasteiger partial charge on any atom is 0.258 e. The summed E-state index contributed by atoms with van der Waals surface area (Å²) in [5.74, 6) is 1.04. The van der Waals surface area contributed by atoms with Gasteiger partial charge in [0.1, 0.15) is 5.75 Å². The van der Waals surface area contributed by atoms with Crippen molar-refractivity contribution in [1.29, 1.82) is 0 Å². The van der Waals surface area contributed by atoms with Gasteiger partial charge >= 0.3 is 0 Å². The molecule has 1 unspecified atom stereocenters. The number of hydrogen-bond acceptors (Lipinski definition) is 2. The molecule has 0 aliphatic carbocycles. The summed E-state index contributed by atoms with van der Waals surface area (Å²) in [6, 6.07) is 14.5. The van der Waals surface area contributed by atoms with Crippen molar-refractivity contribution in [2.75, 3.05) is 6.61 Å². The molecule has 0 radical (unpaired) electrons. The van der Waals surface area contributed by atoms with Gasteiger partial charge in [-0.15, -0.1) is 0 Å². The standard InChI is InChI=1S/C22H29NO2/c1-6-18-8-10-19(11-9-18)17(5)23-22(24)14-25-21-13-16(4)7-12-20(21)15(2)3/h7-13,15,17H,6,14H2,1-5H3,(H,23,24). The van der Waals surface area contributed by atoms with E-state index in [1.807, 2.05) is 19.9 Å². The zero-order valence-corrected chi connectivity index (χ0v) is 15.9. The molecule has 0 bridgehead atoms. The molecular weight excluding hydrogens is 310 g/mol. The fraction of sp³-hybridized carbons (Fsp3) is 0.409. The van der Waals surface area contributed by atoms with E-state index in [9.17, 15) is 4.79 Å². The van der Waals surface area contributed by atoms with Gasteiger partial charge in [0.15, 0.2) is 6.61 Å². The molecule has 0 aromatic heterocycles. The summed E-state index contributed by atoms with van der Waals surface area (Å²) in [5.41, 5.74) is 4.65. The fourth-order valence-corrected chi connectivity index (χ4v) is 2.80. The molecule has 2 aromatic rings. The molecule has 0 fully saturated rings. The van der Waals surface area contributed by atoms with Gasteiger partial charge in [-0.05, 0) is 54.5 Å². The molecule has 0 heterocycles. The number of ether oxygens (including phenoxy) is 1. The summed E-state index contributed by atoms with van der Waals surface area (Å²) >= 11 is 0. The first-order valence-electron chi connectivity index (χ1n) is 9.02. The van der Waals surface area contributed by atoms with Gasteiger partial charge in [-0.2, -0.15) is 0 Å². The molecule has 1 N–H and O–H groups in total. The van der Waals surface area contributed by atoms with Crippen molar-refractivity contribution in [1.82, 2.24) is 5.32 Å². The van der Waals surface area contributed by atoms with Crippen molar-refractivity contribution in [3.63, 3.8) is 0 Å². The summed E-state index contributed by atoms with van der Waals surface area (Å²) in [6.07, 6.45) is 1.02. The normalized spacial score (nSPS) is 12.1. The lowest BCUT2D eigenvalue weighted by Crippen LogP contribution is -2.31. The quantitative estimate of drug-likeness (QED) is 0.776. The summed E-state index contributed by atoms with van der Waals surface area (Å²) in [5, 5.41) is 3.00. The molecule has 0 saturated carbocycles. The highest BCUT2D eigenvalue weighted by molar-refractivity contribution is 5.78. The second kappa shape index (κ2) is 8.70. The van der Waals surface area contributed by atoms with E-state index in [1.165, 1.54) is 5.56 Å². The number of aryl methyl sites for hydroxylation is 2. The van der Waals surface area contributed by atoms with Gasteiger partial charge in [0.05, 0.1) is 6.04 Å². The Morgan fingerprint density at radius 1 is 1.08 bits per heavy atom. The van der Waals surface area contributed by atoms with E-state index in [0.717, 1.165) is 28.9 Å². The summed E-state index contributed by atoms with van der Waals surface area (Å²) in [7, 11) is 0. The van der Waals surface area contributed by atoms with Gasteiger partial charge < -0.3 is 10.1 Å². The van der Waals surface area contributed by atoms with E-state index in [2.05, 4.69) is 62.5 Å². The Kier molecular flexibility index (Phi) is 6.63. The third-order valence-corrected chi connectivity index (χ3v) is 4.42. The van der Waals surface area contributed by atoms with Crippen molar-refractivity contribution >= 4 is 5.91 Å². The minimum Gasteiger partial charge on any atom is -0.483 e. The molecule has 1 amide bonds. The maximum absolute atomic E-state index is 12.3. The van der Waals surface area contributed by atoms with Crippen LogP contribution in [0.5, 0.6) is 5.75 Å². The molecule has 134 valence electrons. The van der Waals surface area contributed by atoms with Crippen LogP contribution < -0.4 is 10.1 Å². The van der Waals surface area contributed by atoms with Crippen LogP contribution >= 0.6 is 0 Å². The average molecular weight is 339 g/mol. The predicted molar refractivity (Wildman–Crippen MR) is 103 cm³/mol. The van der Waals surface area contributed by atoms with Gasteiger partial charge in [-0.25, -0.2) is 0 Å². The van der Waals surface area contributed by atoms with Gasteiger partial charge in [0, 0.05) is 0 Å². The van der Waals surface area contributed by atoms with E-state index >= 15 is 0 Å². The first-order chi connectivity index (χ1) is 11.9. The van der Waals surface area contributed by atoms with Gasteiger partial charge in [0.25, 0.3) is 5.91 Å². The lowest BCUT2D eigenvalue weighted by atomic mass is 10.0. The van der Waals surface area contributed by atoms with Crippen molar-refractivity contribution in [3.8, 4) is 5.75 Å². The Morgan fingerprint density at radius 2 is 1.76 bits per heavy atom. The smallest absolute Gasteiger partial charge is 0.258 e. The molecule has 25 heavy (non-hydrogen) atoms. The molecule has 3 heteroatoms. The molecule has 1 atom stereocenters. The van der Waals surface area contributed by atoms with Crippen LogP contribution in [0.25, 0.3) is 0 Å². The third-order valence-electron chi connectivity index (χ3n) is 4.42. The van der Waals surface area contributed by atoms with Crippen LogP contribution in [0.2, 0.25) is 0 Å². The minimum absolute atomic E-state index is 0.0283. The van der Waals surface area contributed by atoms with E-state index in [-0.39, 0.29) is 18.6 Å². The zero-order chi connectivity index (χ0) is 18.4. The summed E-state index contributed by atoms with van der Waals surface area (Å²) in [4.78, 5) is 12.3. The van der Waals surface area contributed by atoms with Gasteiger partial charge in [-0.1, -0.05) is 57.2 Å². The van der Waals surface area contributed by atoms with E-state index < -0.39 is 0 Å². The molecular formula is C22H29NO2. The first-order valence-corrected chi connectivity index (χ1v) is 9.02. The lowest BCUT2D eigenvalue weighted by molar-refractivity contribution is -0.123. The topological polar surface area (TPSA) is 38.3 Å². The Hall–Kier alpha value is -2.29. The molecule has 2 aromatic carbocycles. The summed E-state index contributed by atoms with van der Waals surface area (Å²) in [6.45, 7) is 10.4. The van der Waals surface area contributed by atoms with E-state index in [1.54, 1.807) is 0 Å². The number of hydrogen-bond donors (Lipinski definition) is 1. The average Bonchev–Trinajstić information content (AvgIpc) is 2.59. The van der Waals surface area contributed by atoms with Crippen LogP contribution in [0.15, 0.2) is 42.5 Å². The zero-order valence-electron chi connectivity index (χ0n) is 15.9. The maximum atomic E-state index is 12.3. The molecule has 0 aliphatic heterocycles. The number of carbonyl (C=O) groups is 1. The first kappa shape index (κ1) is 19.0. The van der Waals surface area contributed by atoms with Crippen LogP contribution in [0, 0.1) is 6.92 Å².